The molecule has 0 fully saturated rings. The summed E-state index contributed by atoms with van der Waals surface area (Å²) in [5.41, 5.74) is 5.47. The fourth-order valence-corrected chi connectivity index (χ4v) is 1.82. The molecular formula is C9H21N3OS. The van der Waals surface area contributed by atoms with Crippen molar-refractivity contribution in [3.8, 4) is 0 Å². The standard InChI is InChI=1S/C9H21N3OS/c1-4-8(6-14-3)11-5-7(2)9(10)12-13/h7-8,11,13H,4-6H2,1-3H3,(H2,10,12). The topological polar surface area (TPSA) is 70.6 Å². The summed E-state index contributed by atoms with van der Waals surface area (Å²) in [5, 5.41) is 14.8. The number of hydrogen-bond acceptors (Lipinski definition) is 4. The third kappa shape index (κ3) is 5.34. The van der Waals surface area contributed by atoms with Gasteiger partial charge in [0.15, 0.2) is 0 Å². The summed E-state index contributed by atoms with van der Waals surface area (Å²) in [6.07, 6.45) is 3.20. The number of hydrogen-bond donors (Lipinski definition) is 3. The van der Waals surface area contributed by atoms with Crippen LogP contribution in [0.1, 0.15) is 20.3 Å². The van der Waals surface area contributed by atoms with E-state index in [2.05, 4.69) is 23.7 Å². The van der Waals surface area contributed by atoms with E-state index in [1.807, 2.05) is 18.7 Å². The number of nitrogens with two attached hydrogens (primary N) is 1. The summed E-state index contributed by atoms with van der Waals surface area (Å²) in [6, 6.07) is 0.513. The zero-order chi connectivity index (χ0) is 11.0. The van der Waals surface area contributed by atoms with Gasteiger partial charge in [-0.2, -0.15) is 11.8 Å². The fraction of sp³-hybridized carbons (Fsp3) is 0.889. The van der Waals surface area contributed by atoms with Gasteiger partial charge < -0.3 is 16.3 Å². The molecule has 4 N–H and O–H groups in total. The molecule has 0 saturated carbocycles. The first kappa shape index (κ1) is 13.6. The Labute approximate surface area is 90.3 Å². The maximum absolute atomic E-state index is 8.46. The Hall–Kier alpha value is -0.420. The van der Waals surface area contributed by atoms with E-state index < -0.39 is 0 Å². The molecule has 5 heteroatoms. The number of oxime groups is 1. The SMILES string of the molecule is CCC(CSC)NCC(C)C(N)=NO. The van der Waals surface area contributed by atoms with Gasteiger partial charge in [-0.1, -0.05) is 19.0 Å². The minimum atomic E-state index is 0.0795. The molecule has 14 heavy (non-hydrogen) atoms. The molecule has 0 amide bonds. The monoisotopic (exact) mass is 219 g/mol. The van der Waals surface area contributed by atoms with E-state index >= 15 is 0 Å². The summed E-state index contributed by atoms with van der Waals surface area (Å²) in [4.78, 5) is 0. The van der Waals surface area contributed by atoms with Gasteiger partial charge in [0.05, 0.1) is 0 Å². The van der Waals surface area contributed by atoms with Crippen molar-refractivity contribution in [3.05, 3.63) is 0 Å². The second-order valence-corrected chi connectivity index (χ2v) is 4.31. The second kappa shape index (κ2) is 7.94. The van der Waals surface area contributed by atoms with Gasteiger partial charge in [0.1, 0.15) is 5.84 Å². The molecular weight excluding hydrogens is 198 g/mol. The van der Waals surface area contributed by atoms with Gasteiger partial charge in [0.25, 0.3) is 0 Å². The molecule has 0 aliphatic carbocycles. The average Bonchev–Trinajstić information content (AvgIpc) is 2.22. The van der Waals surface area contributed by atoms with Crippen LogP contribution in [0.5, 0.6) is 0 Å². The fourth-order valence-electron chi connectivity index (χ4n) is 1.07. The van der Waals surface area contributed by atoms with Gasteiger partial charge in [0.2, 0.25) is 0 Å². The van der Waals surface area contributed by atoms with Crippen LogP contribution in [0.3, 0.4) is 0 Å². The highest BCUT2D eigenvalue weighted by Gasteiger charge is 2.10. The van der Waals surface area contributed by atoms with E-state index in [1.165, 1.54) is 0 Å². The van der Waals surface area contributed by atoms with Gasteiger partial charge in [-0.25, -0.2) is 0 Å². The lowest BCUT2D eigenvalue weighted by Crippen LogP contribution is -2.38. The van der Waals surface area contributed by atoms with Crippen LogP contribution in [-0.4, -0.2) is 35.6 Å². The van der Waals surface area contributed by atoms with Crippen molar-refractivity contribution in [3.63, 3.8) is 0 Å². The van der Waals surface area contributed by atoms with Crippen LogP contribution in [0, 0.1) is 5.92 Å². The van der Waals surface area contributed by atoms with Crippen molar-refractivity contribution >= 4 is 17.6 Å². The normalized spacial score (nSPS) is 16.6. The second-order valence-electron chi connectivity index (χ2n) is 3.39. The van der Waals surface area contributed by atoms with E-state index in [0.29, 0.717) is 6.04 Å². The quantitative estimate of drug-likeness (QED) is 0.259. The number of rotatable bonds is 7. The van der Waals surface area contributed by atoms with Crippen LogP contribution < -0.4 is 11.1 Å². The van der Waals surface area contributed by atoms with E-state index in [9.17, 15) is 0 Å². The third-order valence-corrected chi connectivity index (χ3v) is 2.93. The van der Waals surface area contributed by atoms with Gasteiger partial charge in [0, 0.05) is 24.3 Å². The van der Waals surface area contributed by atoms with E-state index in [-0.39, 0.29) is 11.8 Å². The van der Waals surface area contributed by atoms with E-state index in [1.54, 1.807) is 0 Å². The summed E-state index contributed by atoms with van der Waals surface area (Å²) in [5.74, 6) is 1.46. The smallest absolute Gasteiger partial charge is 0.143 e. The molecule has 2 unspecified atom stereocenters. The highest BCUT2D eigenvalue weighted by Crippen LogP contribution is 2.02. The first-order valence-corrected chi connectivity index (χ1v) is 6.24. The Kier molecular flexibility index (Phi) is 7.70. The minimum absolute atomic E-state index is 0.0795. The summed E-state index contributed by atoms with van der Waals surface area (Å²) >= 11 is 1.83. The van der Waals surface area contributed by atoms with Gasteiger partial charge >= 0.3 is 0 Å². The molecule has 0 aliphatic heterocycles. The number of nitrogens with zero attached hydrogens (tertiary/aromatic N) is 1. The Balaban J connectivity index is 3.78. The molecule has 0 aliphatic rings. The van der Waals surface area contributed by atoms with Crippen LogP contribution in [0.2, 0.25) is 0 Å². The highest BCUT2D eigenvalue weighted by molar-refractivity contribution is 7.98. The van der Waals surface area contributed by atoms with Crippen molar-refractivity contribution in [2.75, 3.05) is 18.6 Å². The maximum Gasteiger partial charge on any atom is 0.143 e. The molecule has 0 aromatic heterocycles. The first-order chi connectivity index (χ1) is 6.65. The average molecular weight is 219 g/mol. The lowest BCUT2D eigenvalue weighted by molar-refractivity contribution is 0.313. The molecule has 0 aromatic rings. The molecule has 0 bridgehead atoms. The predicted molar refractivity (Wildman–Crippen MR) is 63.0 cm³/mol. The van der Waals surface area contributed by atoms with Crippen LogP contribution >= 0.6 is 11.8 Å². The van der Waals surface area contributed by atoms with E-state index in [4.69, 9.17) is 10.9 Å². The minimum Gasteiger partial charge on any atom is -0.409 e. The largest absolute Gasteiger partial charge is 0.409 e. The van der Waals surface area contributed by atoms with Gasteiger partial charge in [-0.05, 0) is 12.7 Å². The zero-order valence-corrected chi connectivity index (χ0v) is 9.97. The molecule has 0 spiro atoms. The van der Waals surface area contributed by atoms with Crippen molar-refractivity contribution < 1.29 is 5.21 Å². The first-order valence-electron chi connectivity index (χ1n) is 4.85. The molecule has 0 saturated heterocycles. The lowest BCUT2D eigenvalue weighted by Gasteiger charge is -2.18. The number of amidine groups is 1. The third-order valence-electron chi connectivity index (χ3n) is 2.19. The Morgan fingerprint density at radius 2 is 2.29 bits per heavy atom. The Morgan fingerprint density at radius 3 is 2.71 bits per heavy atom. The summed E-state index contributed by atoms with van der Waals surface area (Å²) in [6.45, 7) is 4.85. The number of thioether (sulfide) groups is 1. The maximum atomic E-state index is 8.46. The molecule has 0 heterocycles. The van der Waals surface area contributed by atoms with Crippen LogP contribution in [0.4, 0.5) is 0 Å². The Morgan fingerprint density at radius 1 is 1.64 bits per heavy atom. The molecule has 4 nitrogen and oxygen atoms in total. The van der Waals surface area contributed by atoms with E-state index in [0.717, 1.165) is 18.7 Å². The van der Waals surface area contributed by atoms with Crippen molar-refractivity contribution in [1.29, 1.82) is 0 Å². The highest BCUT2D eigenvalue weighted by atomic mass is 32.2. The lowest BCUT2D eigenvalue weighted by atomic mass is 10.1. The Bertz CT molecular complexity index is 175. The summed E-state index contributed by atoms with van der Waals surface area (Å²) in [7, 11) is 0. The van der Waals surface area contributed by atoms with Crippen molar-refractivity contribution in [1.82, 2.24) is 5.32 Å². The van der Waals surface area contributed by atoms with Crippen LogP contribution in [-0.2, 0) is 0 Å². The summed E-state index contributed by atoms with van der Waals surface area (Å²) < 4.78 is 0. The molecule has 0 aromatic carbocycles. The predicted octanol–water partition coefficient (Wildman–Crippen LogP) is 1.10. The molecule has 0 rings (SSSR count). The number of nitrogens with one attached hydrogen (secondary N) is 1. The zero-order valence-electron chi connectivity index (χ0n) is 9.16. The molecule has 2 atom stereocenters. The van der Waals surface area contributed by atoms with Crippen molar-refractivity contribution in [2.24, 2.45) is 16.8 Å². The van der Waals surface area contributed by atoms with Crippen LogP contribution in [0.25, 0.3) is 0 Å². The van der Waals surface area contributed by atoms with Gasteiger partial charge in [-0.3, -0.25) is 0 Å². The van der Waals surface area contributed by atoms with Crippen LogP contribution in [0.15, 0.2) is 5.16 Å². The molecule has 0 radical (unpaired) electrons. The van der Waals surface area contributed by atoms with Gasteiger partial charge in [-0.15, -0.1) is 0 Å². The van der Waals surface area contributed by atoms with Crippen molar-refractivity contribution in [2.45, 2.75) is 26.3 Å². The molecule has 84 valence electrons.